The van der Waals surface area contributed by atoms with Gasteiger partial charge in [0.2, 0.25) is 5.91 Å². The van der Waals surface area contributed by atoms with E-state index >= 15 is 0 Å². The molecule has 0 aliphatic rings. The van der Waals surface area contributed by atoms with Crippen LogP contribution in [0.2, 0.25) is 0 Å². The number of carbonyl (C=O) groups excluding carboxylic acids is 1. The average Bonchev–Trinajstić information content (AvgIpc) is 2.36. The highest BCUT2D eigenvalue weighted by Gasteiger charge is 2.23. The average molecular weight is 293 g/mol. The van der Waals surface area contributed by atoms with Crippen LogP contribution in [0.5, 0.6) is 0 Å². The first kappa shape index (κ1) is 17.1. The SMILES string of the molecule is CC(C)(C)CC(CN)C(=O)Nc1ccc(CC(=O)O)nc1. The van der Waals surface area contributed by atoms with Crippen molar-refractivity contribution in [2.75, 3.05) is 11.9 Å². The van der Waals surface area contributed by atoms with Crippen molar-refractivity contribution >= 4 is 17.6 Å². The molecule has 0 saturated heterocycles. The first-order valence-corrected chi connectivity index (χ1v) is 6.89. The fraction of sp³-hybridized carbons (Fsp3) is 0.533. The minimum absolute atomic E-state index is 0.0188. The van der Waals surface area contributed by atoms with Crippen LogP contribution in [0.4, 0.5) is 5.69 Å². The lowest BCUT2D eigenvalue weighted by Crippen LogP contribution is -2.32. The molecule has 0 radical (unpaired) electrons. The molecule has 0 saturated carbocycles. The fourth-order valence-corrected chi connectivity index (χ4v) is 2.02. The van der Waals surface area contributed by atoms with Crippen molar-refractivity contribution in [3.63, 3.8) is 0 Å². The maximum absolute atomic E-state index is 12.2. The van der Waals surface area contributed by atoms with Gasteiger partial charge in [0, 0.05) is 6.54 Å². The highest BCUT2D eigenvalue weighted by molar-refractivity contribution is 5.92. The molecule has 0 bridgehead atoms. The monoisotopic (exact) mass is 293 g/mol. The van der Waals surface area contributed by atoms with Gasteiger partial charge in [0.15, 0.2) is 0 Å². The number of carbonyl (C=O) groups is 2. The maximum atomic E-state index is 12.2. The lowest BCUT2D eigenvalue weighted by atomic mass is 9.84. The number of rotatable bonds is 6. The number of hydrogen-bond donors (Lipinski definition) is 3. The first-order valence-electron chi connectivity index (χ1n) is 6.89. The van der Waals surface area contributed by atoms with Gasteiger partial charge in [0.05, 0.1) is 29.9 Å². The standard InChI is InChI=1S/C15H23N3O3/c1-15(2,3)7-10(8-16)14(21)18-12-5-4-11(17-9-12)6-13(19)20/h4-5,9-10H,6-8,16H2,1-3H3,(H,18,21)(H,19,20). The molecular weight excluding hydrogens is 270 g/mol. The Morgan fingerprint density at radius 1 is 1.38 bits per heavy atom. The van der Waals surface area contributed by atoms with Crippen LogP contribution in [0, 0.1) is 11.3 Å². The van der Waals surface area contributed by atoms with Gasteiger partial charge in [-0.15, -0.1) is 0 Å². The zero-order valence-corrected chi connectivity index (χ0v) is 12.7. The minimum atomic E-state index is -0.937. The first-order chi connectivity index (χ1) is 9.71. The van der Waals surface area contributed by atoms with Crippen LogP contribution in [0.25, 0.3) is 0 Å². The van der Waals surface area contributed by atoms with Gasteiger partial charge in [-0.25, -0.2) is 0 Å². The maximum Gasteiger partial charge on any atom is 0.309 e. The van der Waals surface area contributed by atoms with Gasteiger partial charge < -0.3 is 16.2 Å². The van der Waals surface area contributed by atoms with E-state index in [4.69, 9.17) is 10.8 Å². The Bertz CT molecular complexity index is 492. The predicted molar refractivity (Wildman–Crippen MR) is 80.8 cm³/mol. The lowest BCUT2D eigenvalue weighted by Gasteiger charge is -2.24. The summed E-state index contributed by atoms with van der Waals surface area (Å²) in [6.07, 6.45) is 2.02. The molecule has 6 heteroatoms. The van der Waals surface area contributed by atoms with Crippen LogP contribution < -0.4 is 11.1 Å². The van der Waals surface area contributed by atoms with E-state index in [2.05, 4.69) is 31.1 Å². The van der Waals surface area contributed by atoms with E-state index in [1.807, 2.05) is 0 Å². The van der Waals surface area contributed by atoms with Crippen LogP contribution >= 0.6 is 0 Å². The fourth-order valence-electron chi connectivity index (χ4n) is 2.02. The van der Waals surface area contributed by atoms with Crippen LogP contribution in [0.1, 0.15) is 32.9 Å². The molecule has 0 aromatic carbocycles. The minimum Gasteiger partial charge on any atom is -0.481 e. The van der Waals surface area contributed by atoms with E-state index in [1.165, 1.54) is 6.20 Å². The largest absolute Gasteiger partial charge is 0.481 e. The van der Waals surface area contributed by atoms with Crippen LogP contribution in [0.3, 0.4) is 0 Å². The number of aromatic nitrogens is 1. The molecule has 1 aromatic heterocycles. The number of carboxylic acids is 1. The second kappa shape index (κ2) is 7.17. The Morgan fingerprint density at radius 2 is 2.05 bits per heavy atom. The molecule has 1 atom stereocenters. The van der Waals surface area contributed by atoms with Crippen LogP contribution in [0.15, 0.2) is 18.3 Å². The smallest absolute Gasteiger partial charge is 0.309 e. The van der Waals surface area contributed by atoms with Gasteiger partial charge in [0.1, 0.15) is 0 Å². The third-order valence-electron chi connectivity index (χ3n) is 2.94. The van der Waals surface area contributed by atoms with Crippen molar-refractivity contribution in [2.24, 2.45) is 17.1 Å². The Labute approximate surface area is 124 Å². The number of pyridine rings is 1. The summed E-state index contributed by atoms with van der Waals surface area (Å²) in [5.41, 5.74) is 6.68. The quantitative estimate of drug-likeness (QED) is 0.739. The van der Waals surface area contributed by atoms with E-state index in [1.54, 1.807) is 12.1 Å². The number of nitrogens with one attached hydrogen (secondary N) is 1. The van der Waals surface area contributed by atoms with Crippen LogP contribution in [-0.4, -0.2) is 28.5 Å². The van der Waals surface area contributed by atoms with E-state index in [9.17, 15) is 9.59 Å². The molecule has 116 valence electrons. The molecule has 0 aliphatic heterocycles. The predicted octanol–water partition coefficient (Wildman–Crippen LogP) is 1.66. The molecule has 0 aliphatic carbocycles. The highest BCUT2D eigenvalue weighted by Crippen LogP contribution is 2.24. The number of nitrogens with two attached hydrogens (primary N) is 1. The topological polar surface area (TPSA) is 105 Å². The molecule has 4 N–H and O–H groups in total. The summed E-state index contributed by atoms with van der Waals surface area (Å²) in [5, 5.41) is 11.4. The second-order valence-corrected chi connectivity index (χ2v) is 6.30. The lowest BCUT2D eigenvalue weighted by molar-refractivity contribution is -0.136. The molecule has 1 unspecified atom stereocenters. The summed E-state index contributed by atoms with van der Waals surface area (Å²) in [6, 6.07) is 3.23. The number of nitrogens with zero attached hydrogens (tertiary/aromatic N) is 1. The zero-order chi connectivity index (χ0) is 16.0. The molecule has 1 amide bonds. The molecule has 1 heterocycles. The number of carboxylic acid groups (broad SMARTS) is 1. The van der Waals surface area contributed by atoms with E-state index in [0.29, 0.717) is 17.8 Å². The summed E-state index contributed by atoms with van der Waals surface area (Å²) in [5.74, 6) is -1.34. The molecule has 6 nitrogen and oxygen atoms in total. The molecule has 0 fully saturated rings. The van der Waals surface area contributed by atoms with Gasteiger partial charge in [0.25, 0.3) is 0 Å². The van der Waals surface area contributed by atoms with Gasteiger partial charge in [-0.05, 0) is 24.0 Å². The molecule has 1 aromatic rings. The molecule has 0 spiro atoms. The van der Waals surface area contributed by atoms with Gasteiger partial charge in [-0.1, -0.05) is 20.8 Å². The third-order valence-corrected chi connectivity index (χ3v) is 2.94. The van der Waals surface area contributed by atoms with Gasteiger partial charge >= 0.3 is 5.97 Å². The number of amides is 1. The molecular formula is C15H23N3O3. The third kappa shape index (κ3) is 6.35. The number of hydrogen-bond acceptors (Lipinski definition) is 4. The molecule has 21 heavy (non-hydrogen) atoms. The molecule has 1 rings (SSSR count). The Hall–Kier alpha value is -1.95. The summed E-state index contributed by atoms with van der Waals surface area (Å²) in [6.45, 7) is 6.47. The van der Waals surface area contributed by atoms with Crippen molar-refractivity contribution < 1.29 is 14.7 Å². The normalized spacial score (nSPS) is 12.8. The Balaban J connectivity index is 2.66. The Morgan fingerprint density at radius 3 is 2.48 bits per heavy atom. The zero-order valence-electron chi connectivity index (χ0n) is 12.7. The number of anilines is 1. The Kier molecular flexibility index (Phi) is 5.84. The summed E-state index contributed by atoms with van der Waals surface area (Å²) < 4.78 is 0. The van der Waals surface area contributed by atoms with Crippen LogP contribution in [-0.2, 0) is 16.0 Å². The van der Waals surface area contributed by atoms with Crippen molar-refractivity contribution in [1.82, 2.24) is 4.98 Å². The summed E-state index contributed by atoms with van der Waals surface area (Å²) >= 11 is 0. The second-order valence-electron chi connectivity index (χ2n) is 6.30. The van der Waals surface area contributed by atoms with E-state index in [-0.39, 0.29) is 30.2 Å². The highest BCUT2D eigenvalue weighted by atomic mass is 16.4. The number of aliphatic carboxylic acids is 1. The van der Waals surface area contributed by atoms with Crippen molar-refractivity contribution in [3.8, 4) is 0 Å². The van der Waals surface area contributed by atoms with Gasteiger partial charge in [-0.2, -0.15) is 0 Å². The van der Waals surface area contributed by atoms with E-state index < -0.39 is 5.97 Å². The van der Waals surface area contributed by atoms with Crippen molar-refractivity contribution in [2.45, 2.75) is 33.6 Å². The van der Waals surface area contributed by atoms with Crippen molar-refractivity contribution in [1.29, 1.82) is 0 Å². The van der Waals surface area contributed by atoms with Gasteiger partial charge in [-0.3, -0.25) is 14.6 Å². The van der Waals surface area contributed by atoms with E-state index in [0.717, 1.165) is 0 Å². The summed E-state index contributed by atoms with van der Waals surface area (Å²) in [7, 11) is 0. The summed E-state index contributed by atoms with van der Waals surface area (Å²) in [4.78, 5) is 26.7. The van der Waals surface area contributed by atoms with Crippen molar-refractivity contribution in [3.05, 3.63) is 24.0 Å².